The second-order valence-electron chi connectivity index (χ2n) is 3.53. The summed E-state index contributed by atoms with van der Waals surface area (Å²) in [4.78, 5) is 10.9. The molecule has 0 aromatic heterocycles. The van der Waals surface area contributed by atoms with Crippen molar-refractivity contribution in [3.63, 3.8) is 0 Å². The summed E-state index contributed by atoms with van der Waals surface area (Å²) in [5, 5.41) is 2.53. The maximum absolute atomic E-state index is 13.2. The summed E-state index contributed by atoms with van der Waals surface area (Å²) in [7, 11) is 0. The molecule has 0 spiro atoms. The number of carbonyl (C=O) groups is 1. The highest BCUT2D eigenvalue weighted by molar-refractivity contribution is 5.70. The number of benzene rings is 1. The highest BCUT2D eigenvalue weighted by atomic mass is 19.2. The van der Waals surface area contributed by atoms with Crippen molar-refractivity contribution in [3.8, 4) is 0 Å². The van der Waals surface area contributed by atoms with Gasteiger partial charge >= 0.3 is 5.97 Å². The van der Waals surface area contributed by atoms with Gasteiger partial charge in [0.25, 0.3) is 0 Å². The van der Waals surface area contributed by atoms with Crippen LogP contribution >= 0.6 is 0 Å². The Hall–Kier alpha value is -1.76. The Kier molecular flexibility index (Phi) is 6.14. The van der Waals surface area contributed by atoms with Gasteiger partial charge in [-0.15, -0.1) is 0 Å². The van der Waals surface area contributed by atoms with Crippen molar-refractivity contribution in [3.05, 3.63) is 29.6 Å². The van der Waals surface area contributed by atoms with Crippen LogP contribution in [0.4, 0.5) is 18.9 Å². The minimum absolute atomic E-state index is 0.0945. The molecular formula is C12H14F3NO3. The molecule has 19 heavy (non-hydrogen) atoms. The predicted octanol–water partition coefficient (Wildman–Crippen LogP) is 2.10. The van der Waals surface area contributed by atoms with E-state index < -0.39 is 23.4 Å². The molecule has 7 heteroatoms. The molecule has 1 aromatic carbocycles. The molecule has 0 saturated heterocycles. The van der Waals surface area contributed by atoms with Crippen molar-refractivity contribution in [2.45, 2.75) is 6.92 Å². The lowest BCUT2D eigenvalue weighted by Gasteiger charge is -2.08. The third-order valence-corrected chi connectivity index (χ3v) is 2.10. The molecule has 0 saturated carbocycles. The van der Waals surface area contributed by atoms with Crippen LogP contribution in [0, 0.1) is 17.5 Å². The second kappa shape index (κ2) is 7.63. The predicted molar refractivity (Wildman–Crippen MR) is 62.3 cm³/mol. The summed E-state index contributed by atoms with van der Waals surface area (Å²) in [6.45, 7) is 1.96. The van der Waals surface area contributed by atoms with Gasteiger partial charge in [-0.2, -0.15) is 0 Å². The number of hydrogen-bond donors (Lipinski definition) is 1. The van der Waals surface area contributed by atoms with Gasteiger partial charge in [-0.25, -0.2) is 18.0 Å². The second-order valence-corrected chi connectivity index (χ2v) is 3.53. The van der Waals surface area contributed by atoms with E-state index in [0.717, 1.165) is 6.07 Å². The summed E-state index contributed by atoms with van der Waals surface area (Å²) < 4.78 is 48.2. The van der Waals surface area contributed by atoms with E-state index in [1.54, 1.807) is 6.92 Å². The molecule has 0 unspecified atom stereocenters. The molecule has 0 atom stereocenters. The van der Waals surface area contributed by atoms with E-state index in [0.29, 0.717) is 6.07 Å². The molecule has 1 N–H and O–H groups in total. The number of halogens is 3. The first kappa shape index (κ1) is 15.3. The number of hydrogen-bond acceptors (Lipinski definition) is 4. The number of esters is 1. The zero-order valence-electron chi connectivity index (χ0n) is 10.3. The molecule has 106 valence electrons. The summed E-state index contributed by atoms with van der Waals surface area (Å²) in [5.41, 5.74) is -0.168. The molecular weight excluding hydrogens is 263 g/mol. The Morgan fingerprint density at radius 3 is 2.58 bits per heavy atom. The van der Waals surface area contributed by atoms with Crippen LogP contribution < -0.4 is 5.32 Å². The fraction of sp³-hybridized carbons (Fsp3) is 0.417. The van der Waals surface area contributed by atoms with E-state index in [9.17, 15) is 18.0 Å². The van der Waals surface area contributed by atoms with Gasteiger partial charge in [-0.1, -0.05) is 0 Å². The van der Waals surface area contributed by atoms with Crippen LogP contribution in [0.25, 0.3) is 0 Å². The molecule has 0 radical (unpaired) electrons. The summed E-state index contributed by atoms with van der Waals surface area (Å²) in [6, 6.07) is 1.17. The van der Waals surface area contributed by atoms with Gasteiger partial charge in [0.2, 0.25) is 0 Å². The molecule has 0 heterocycles. The highest BCUT2D eigenvalue weighted by Gasteiger charge is 2.09. The third kappa shape index (κ3) is 5.17. The van der Waals surface area contributed by atoms with Crippen LogP contribution in [0.5, 0.6) is 0 Å². The first-order valence-corrected chi connectivity index (χ1v) is 5.66. The normalized spacial score (nSPS) is 10.3. The van der Waals surface area contributed by atoms with Crippen molar-refractivity contribution in [1.82, 2.24) is 0 Å². The van der Waals surface area contributed by atoms with Crippen LogP contribution in [-0.4, -0.2) is 32.3 Å². The minimum atomic E-state index is -1.25. The van der Waals surface area contributed by atoms with Crippen molar-refractivity contribution in [2.24, 2.45) is 0 Å². The number of ether oxygens (including phenoxy) is 2. The average Bonchev–Trinajstić information content (AvgIpc) is 2.35. The van der Waals surface area contributed by atoms with E-state index in [2.05, 4.69) is 10.1 Å². The lowest BCUT2D eigenvalue weighted by Crippen LogP contribution is -2.17. The van der Waals surface area contributed by atoms with Crippen LogP contribution in [0.15, 0.2) is 12.1 Å². The highest BCUT2D eigenvalue weighted by Crippen LogP contribution is 2.17. The van der Waals surface area contributed by atoms with Gasteiger partial charge in [0.1, 0.15) is 12.4 Å². The van der Waals surface area contributed by atoms with Crippen molar-refractivity contribution in [1.29, 1.82) is 0 Å². The van der Waals surface area contributed by atoms with Gasteiger partial charge in [-0.05, 0) is 6.92 Å². The third-order valence-electron chi connectivity index (χ3n) is 2.10. The van der Waals surface area contributed by atoms with E-state index >= 15 is 0 Å². The lowest BCUT2D eigenvalue weighted by atomic mass is 10.3. The van der Waals surface area contributed by atoms with E-state index in [1.165, 1.54) is 0 Å². The van der Waals surface area contributed by atoms with Crippen molar-refractivity contribution >= 4 is 11.7 Å². The molecule has 0 aliphatic carbocycles. The first-order chi connectivity index (χ1) is 9.04. The van der Waals surface area contributed by atoms with Gasteiger partial charge in [0, 0.05) is 18.7 Å². The molecule has 4 nitrogen and oxygen atoms in total. The molecule has 0 aliphatic heterocycles. The summed E-state index contributed by atoms with van der Waals surface area (Å²) >= 11 is 0. The van der Waals surface area contributed by atoms with Crippen LogP contribution in [0.3, 0.4) is 0 Å². The standard InChI is InChI=1S/C12H14F3NO3/c1-2-19-12(17)7-18-4-3-16-11-6-9(14)8(13)5-10(11)15/h5-6,16H,2-4,7H2,1H3. The molecule has 1 aromatic rings. The monoisotopic (exact) mass is 277 g/mol. The maximum Gasteiger partial charge on any atom is 0.332 e. The zero-order chi connectivity index (χ0) is 14.3. The van der Waals surface area contributed by atoms with Gasteiger partial charge in [0.05, 0.1) is 18.9 Å². The zero-order valence-corrected chi connectivity index (χ0v) is 10.3. The van der Waals surface area contributed by atoms with Gasteiger partial charge in [0.15, 0.2) is 11.6 Å². The quantitative estimate of drug-likeness (QED) is 0.471. The van der Waals surface area contributed by atoms with Crippen molar-refractivity contribution in [2.75, 3.05) is 31.7 Å². The van der Waals surface area contributed by atoms with Crippen LogP contribution in [-0.2, 0) is 14.3 Å². The summed E-state index contributed by atoms with van der Waals surface area (Å²) in [5.74, 6) is -3.79. The lowest BCUT2D eigenvalue weighted by molar-refractivity contribution is -0.148. The average molecular weight is 277 g/mol. The Morgan fingerprint density at radius 1 is 1.21 bits per heavy atom. The topological polar surface area (TPSA) is 47.6 Å². The van der Waals surface area contributed by atoms with E-state index in [4.69, 9.17) is 4.74 Å². The SMILES string of the molecule is CCOC(=O)COCCNc1cc(F)c(F)cc1F. The Bertz CT molecular complexity index is 440. The maximum atomic E-state index is 13.2. The Balaban J connectivity index is 2.30. The van der Waals surface area contributed by atoms with E-state index in [-0.39, 0.29) is 32.1 Å². The Labute approximate surface area is 108 Å². The molecule has 0 aliphatic rings. The molecule has 0 bridgehead atoms. The number of nitrogens with one attached hydrogen (secondary N) is 1. The van der Waals surface area contributed by atoms with Crippen molar-refractivity contribution < 1.29 is 27.4 Å². The van der Waals surface area contributed by atoms with Crippen LogP contribution in [0.2, 0.25) is 0 Å². The first-order valence-electron chi connectivity index (χ1n) is 5.66. The van der Waals surface area contributed by atoms with Gasteiger partial charge < -0.3 is 14.8 Å². The molecule has 1 rings (SSSR count). The fourth-order valence-electron chi connectivity index (χ4n) is 1.27. The van der Waals surface area contributed by atoms with Gasteiger partial charge in [-0.3, -0.25) is 0 Å². The van der Waals surface area contributed by atoms with E-state index in [1.807, 2.05) is 0 Å². The number of carbonyl (C=O) groups excluding carboxylic acids is 1. The number of rotatable bonds is 7. The minimum Gasteiger partial charge on any atom is -0.464 e. The Morgan fingerprint density at radius 2 is 1.89 bits per heavy atom. The molecule has 0 fully saturated rings. The van der Waals surface area contributed by atoms with Crippen LogP contribution in [0.1, 0.15) is 6.92 Å². The molecule has 0 amide bonds. The smallest absolute Gasteiger partial charge is 0.332 e. The largest absolute Gasteiger partial charge is 0.464 e. The number of anilines is 1. The summed E-state index contributed by atoms with van der Waals surface area (Å²) in [6.07, 6.45) is 0. The fourth-order valence-corrected chi connectivity index (χ4v) is 1.27.